The van der Waals surface area contributed by atoms with Crippen LogP contribution in [0.1, 0.15) is 26.7 Å². The Morgan fingerprint density at radius 2 is 2.18 bits per heavy atom. The summed E-state index contributed by atoms with van der Waals surface area (Å²) in [5, 5.41) is 13.1. The number of likely N-dealkylation sites (N-methyl/N-ethyl adjacent to an activating group) is 2. The van der Waals surface area contributed by atoms with E-state index < -0.39 is 0 Å². The molecule has 4 nitrogen and oxygen atoms in total. The van der Waals surface area contributed by atoms with Crippen molar-refractivity contribution in [3.63, 3.8) is 0 Å². The number of nitrogens with zero attached hydrogens (tertiary/aromatic N) is 1. The molecule has 2 atom stereocenters. The van der Waals surface area contributed by atoms with Gasteiger partial charge in [-0.15, -0.1) is 0 Å². The zero-order valence-corrected chi connectivity index (χ0v) is 11.7. The lowest BCUT2D eigenvalue weighted by Crippen LogP contribution is -2.58. The Hall–Kier alpha value is -0.160. The van der Waals surface area contributed by atoms with Gasteiger partial charge in [-0.1, -0.05) is 6.92 Å². The molecule has 1 saturated carbocycles. The predicted octanol–water partition coefficient (Wildman–Crippen LogP) is 0.704. The summed E-state index contributed by atoms with van der Waals surface area (Å²) in [6.45, 7) is 7.18. The number of aliphatic hydroxyl groups excluding tert-OH is 1. The largest absolute Gasteiger partial charge is 0.394 e. The molecule has 0 saturated heterocycles. The fraction of sp³-hybridized carbons (Fsp3) is 1.00. The maximum Gasteiger partial charge on any atom is 0.0628 e. The highest BCUT2D eigenvalue weighted by atomic mass is 16.5. The van der Waals surface area contributed by atoms with Crippen LogP contribution in [0.2, 0.25) is 0 Å². The van der Waals surface area contributed by atoms with Gasteiger partial charge in [0.1, 0.15) is 0 Å². The van der Waals surface area contributed by atoms with Crippen LogP contribution in [-0.2, 0) is 4.74 Å². The van der Waals surface area contributed by atoms with Crippen LogP contribution in [0.15, 0.2) is 0 Å². The molecule has 0 radical (unpaired) electrons. The van der Waals surface area contributed by atoms with Crippen molar-refractivity contribution in [3.05, 3.63) is 0 Å². The first kappa shape index (κ1) is 14.9. The first-order chi connectivity index (χ1) is 8.13. The minimum absolute atomic E-state index is 0.127. The van der Waals surface area contributed by atoms with Gasteiger partial charge in [0, 0.05) is 19.7 Å². The minimum atomic E-state index is -0.127. The van der Waals surface area contributed by atoms with Crippen LogP contribution in [0, 0.1) is 5.92 Å². The average molecular weight is 244 g/mol. The molecule has 1 rings (SSSR count). The number of nitrogens with one attached hydrogen (secondary N) is 1. The molecule has 0 amide bonds. The van der Waals surface area contributed by atoms with Crippen LogP contribution >= 0.6 is 0 Å². The van der Waals surface area contributed by atoms with Crippen molar-refractivity contribution >= 4 is 0 Å². The van der Waals surface area contributed by atoms with Gasteiger partial charge in [-0.05, 0) is 39.3 Å². The standard InChI is InChI=1S/C13H28N2O2/c1-5-15(11(2)8-17-4)9-13(10-16,14-3)12-6-7-12/h11-12,14,16H,5-10H2,1-4H3. The van der Waals surface area contributed by atoms with Gasteiger partial charge < -0.3 is 15.2 Å². The van der Waals surface area contributed by atoms with Crippen molar-refractivity contribution in [2.45, 2.75) is 38.3 Å². The second-order valence-corrected chi connectivity index (χ2v) is 5.21. The molecule has 0 aromatic rings. The molecule has 1 fully saturated rings. The fourth-order valence-electron chi connectivity index (χ4n) is 2.59. The molecule has 2 unspecified atom stereocenters. The van der Waals surface area contributed by atoms with E-state index >= 15 is 0 Å². The number of ether oxygens (including phenoxy) is 1. The van der Waals surface area contributed by atoms with E-state index in [1.165, 1.54) is 12.8 Å². The number of aliphatic hydroxyl groups is 1. The molecule has 0 aliphatic heterocycles. The van der Waals surface area contributed by atoms with E-state index in [2.05, 4.69) is 24.1 Å². The number of hydrogen-bond donors (Lipinski definition) is 2. The van der Waals surface area contributed by atoms with Gasteiger partial charge in [0.05, 0.1) is 18.8 Å². The highest BCUT2D eigenvalue weighted by Gasteiger charge is 2.44. The van der Waals surface area contributed by atoms with Crippen molar-refractivity contribution in [1.82, 2.24) is 10.2 Å². The van der Waals surface area contributed by atoms with Crippen molar-refractivity contribution in [3.8, 4) is 0 Å². The third-order valence-corrected chi connectivity index (χ3v) is 4.06. The lowest BCUT2D eigenvalue weighted by molar-refractivity contribution is 0.0514. The summed E-state index contributed by atoms with van der Waals surface area (Å²) in [5.74, 6) is 0.626. The maximum atomic E-state index is 9.72. The molecular formula is C13H28N2O2. The van der Waals surface area contributed by atoms with E-state index in [0.717, 1.165) is 19.7 Å². The van der Waals surface area contributed by atoms with Gasteiger partial charge in [0.15, 0.2) is 0 Å². The first-order valence-electron chi connectivity index (χ1n) is 6.66. The summed E-state index contributed by atoms with van der Waals surface area (Å²) in [5.41, 5.74) is -0.127. The highest BCUT2D eigenvalue weighted by molar-refractivity contribution is 5.02. The van der Waals surface area contributed by atoms with Crippen LogP contribution in [0.3, 0.4) is 0 Å². The lowest BCUT2D eigenvalue weighted by atomic mass is 9.93. The lowest BCUT2D eigenvalue weighted by Gasteiger charge is -2.39. The molecule has 17 heavy (non-hydrogen) atoms. The number of rotatable bonds is 9. The molecule has 0 heterocycles. The molecular weight excluding hydrogens is 216 g/mol. The summed E-state index contributed by atoms with van der Waals surface area (Å²) in [6, 6.07) is 0.392. The SMILES string of the molecule is CCN(CC(CO)(NC)C1CC1)C(C)COC. The van der Waals surface area contributed by atoms with Crippen LogP contribution in [0.25, 0.3) is 0 Å². The Morgan fingerprint density at radius 3 is 2.53 bits per heavy atom. The quantitative estimate of drug-likeness (QED) is 0.627. The molecule has 1 aliphatic rings. The predicted molar refractivity (Wildman–Crippen MR) is 70.2 cm³/mol. The molecule has 0 aromatic heterocycles. The van der Waals surface area contributed by atoms with E-state index in [9.17, 15) is 5.11 Å². The number of hydrogen-bond acceptors (Lipinski definition) is 4. The Labute approximate surface area is 105 Å². The molecule has 0 aromatic carbocycles. The van der Waals surface area contributed by atoms with Crippen molar-refractivity contribution in [2.75, 3.05) is 40.5 Å². The van der Waals surface area contributed by atoms with Crippen LogP contribution in [-0.4, -0.2) is 62.0 Å². The highest BCUT2D eigenvalue weighted by Crippen LogP contribution is 2.40. The molecule has 1 aliphatic carbocycles. The zero-order valence-electron chi connectivity index (χ0n) is 11.7. The van der Waals surface area contributed by atoms with E-state index in [1.807, 2.05) is 7.05 Å². The summed E-state index contributed by atoms with van der Waals surface area (Å²) in [4.78, 5) is 2.38. The van der Waals surface area contributed by atoms with Crippen molar-refractivity contribution in [2.24, 2.45) is 5.92 Å². The van der Waals surface area contributed by atoms with Crippen molar-refractivity contribution < 1.29 is 9.84 Å². The molecule has 2 N–H and O–H groups in total. The Morgan fingerprint density at radius 1 is 1.53 bits per heavy atom. The van der Waals surface area contributed by atoms with Gasteiger partial charge in [-0.3, -0.25) is 4.90 Å². The Bertz CT molecular complexity index is 215. The monoisotopic (exact) mass is 244 g/mol. The van der Waals surface area contributed by atoms with Gasteiger partial charge in [-0.2, -0.15) is 0 Å². The minimum Gasteiger partial charge on any atom is -0.394 e. The summed E-state index contributed by atoms with van der Waals surface area (Å²) in [7, 11) is 3.70. The third-order valence-electron chi connectivity index (χ3n) is 4.06. The van der Waals surface area contributed by atoms with Gasteiger partial charge in [-0.25, -0.2) is 0 Å². The Kier molecular flexibility index (Phi) is 5.86. The zero-order chi connectivity index (χ0) is 12.9. The number of methoxy groups -OCH3 is 1. The maximum absolute atomic E-state index is 9.72. The van der Waals surface area contributed by atoms with Gasteiger partial charge in [0.25, 0.3) is 0 Å². The molecule has 0 spiro atoms. The molecule has 4 heteroatoms. The van der Waals surface area contributed by atoms with E-state index in [4.69, 9.17) is 4.74 Å². The normalized spacial score (nSPS) is 21.5. The van der Waals surface area contributed by atoms with Gasteiger partial charge in [0.2, 0.25) is 0 Å². The van der Waals surface area contributed by atoms with E-state index in [1.54, 1.807) is 7.11 Å². The second kappa shape index (κ2) is 6.69. The van der Waals surface area contributed by atoms with Crippen molar-refractivity contribution in [1.29, 1.82) is 0 Å². The fourth-order valence-corrected chi connectivity index (χ4v) is 2.59. The van der Waals surface area contributed by atoms with Crippen LogP contribution < -0.4 is 5.32 Å². The van der Waals surface area contributed by atoms with Gasteiger partial charge >= 0.3 is 0 Å². The Balaban J connectivity index is 2.62. The topological polar surface area (TPSA) is 44.7 Å². The average Bonchev–Trinajstić information content (AvgIpc) is 3.16. The third kappa shape index (κ3) is 3.65. The van der Waals surface area contributed by atoms with Crippen LogP contribution in [0.5, 0.6) is 0 Å². The smallest absolute Gasteiger partial charge is 0.0628 e. The van der Waals surface area contributed by atoms with E-state index in [0.29, 0.717) is 12.0 Å². The molecule has 0 bridgehead atoms. The first-order valence-corrected chi connectivity index (χ1v) is 6.66. The second-order valence-electron chi connectivity index (χ2n) is 5.21. The van der Waals surface area contributed by atoms with E-state index in [-0.39, 0.29) is 12.1 Å². The molecule has 102 valence electrons. The summed E-state index contributed by atoms with van der Waals surface area (Å²) >= 11 is 0. The summed E-state index contributed by atoms with van der Waals surface area (Å²) < 4.78 is 5.22. The summed E-state index contributed by atoms with van der Waals surface area (Å²) in [6.07, 6.45) is 2.47. The van der Waals surface area contributed by atoms with Crippen LogP contribution in [0.4, 0.5) is 0 Å².